The van der Waals surface area contributed by atoms with Crippen LogP contribution in [0.5, 0.6) is 0 Å². The van der Waals surface area contributed by atoms with E-state index in [9.17, 15) is 10.2 Å². The number of β-amino-alcohol motifs (C(OH)–C–C–N with tert-alkyl or cyclic N) is 1. The maximum absolute atomic E-state index is 15.0. The Kier molecular flexibility index (Phi) is 3.80. The van der Waals surface area contributed by atoms with Crippen molar-refractivity contribution >= 4 is 17.7 Å². The number of hydrogen-bond acceptors (Lipinski definition) is 6. The van der Waals surface area contributed by atoms with E-state index in [1.165, 1.54) is 0 Å². The highest BCUT2D eigenvalue weighted by molar-refractivity contribution is 8.00. The van der Waals surface area contributed by atoms with Gasteiger partial charge >= 0.3 is 0 Å². The molecule has 5 rings (SSSR count). The zero-order chi connectivity index (χ0) is 18.8. The molecule has 2 aliphatic heterocycles. The summed E-state index contributed by atoms with van der Waals surface area (Å²) in [7, 11) is 0. The quantitative estimate of drug-likeness (QED) is 0.843. The normalized spacial score (nSPS) is 26.4. The average Bonchev–Trinajstić information content (AvgIpc) is 2.91. The molecule has 3 heterocycles. The third kappa shape index (κ3) is 2.75. The Morgan fingerprint density at radius 2 is 1.89 bits per heavy atom. The summed E-state index contributed by atoms with van der Waals surface area (Å²) in [6.45, 7) is 2.53. The summed E-state index contributed by atoms with van der Waals surface area (Å²) in [5, 5.41) is 20.1. The Morgan fingerprint density at radius 1 is 1.19 bits per heavy atom. The Bertz CT molecular complexity index is 893. The molecule has 0 radical (unpaired) electrons. The van der Waals surface area contributed by atoms with Crippen molar-refractivity contribution in [3.8, 4) is 11.3 Å². The largest absolute Gasteiger partial charge is 0.389 e. The van der Waals surface area contributed by atoms with E-state index in [-0.39, 0.29) is 6.10 Å². The predicted molar refractivity (Wildman–Crippen MR) is 104 cm³/mol. The van der Waals surface area contributed by atoms with Crippen molar-refractivity contribution in [2.24, 2.45) is 0 Å². The van der Waals surface area contributed by atoms with Crippen LogP contribution in [0.2, 0.25) is 0 Å². The Hall–Kier alpha value is -1.70. The van der Waals surface area contributed by atoms with Gasteiger partial charge in [-0.1, -0.05) is 24.3 Å². The summed E-state index contributed by atoms with van der Waals surface area (Å²) >= 11 is 1.73. The lowest BCUT2D eigenvalue weighted by atomic mass is 9.94. The molecule has 142 valence electrons. The first kappa shape index (κ1) is 17.4. The fourth-order valence-electron chi connectivity index (χ4n) is 4.02. The predicted octanol–water partition coefficient (Wildman–Crippen LogP) is 2.39. The number of rotatable bonds is 3. The van der Waals surface area contributed by atoms with Crippen molar-refractivity contribution in [3.63, 3.8) is 0 Å². The van der Waals surface area contributed by atoms with E-state index in [2.05, 4.69) is 4.98 Å². The van der Waals surface area contributed by atoms with Crippen LogP contribution in [0.25, 0.3) is 11.3 Å². The van der Waals surface area contributed by atoms with Crippen LogP contribution in [-0.2, 0) is 17.7 Å². The van der Waals surface area contributed by atoms with Crippen LogP contribution in [-0.4, -0.2) is 50.9 Å². The van der Waals surface area contributed by atoms with Crippen LogP contribution < -0.4 is 4.90 Å². The molecule has 0 amide bonds. The van der Waals surface area contributed by atoms with E-state index < -0.39 is 11.3 Å². The van der Waals surface area contributed by atoms with Crippen LogP contribution in [0, 0.1) is 0 Å². The molecular weight excluding hydrogens is 365 g/mol. The van der Waals surface area contributed by atoms with Gasteiger partial charge in [0.25, 0.3) is 0 Å². The number of thioether (sulfide) groups is 1. The molecule has 1 aromatic heterocycles. The highest BCUT2D eigenvalue weighted by atomic mass is 32.2. The van der Waals surface area contributed by atoms with Crippen molar-refractivity contribution < 1.29 is 14.6 Å². The lowest BCUT2D eigenvalue weighted by Crippen LogP contribution is -2.51. The fraction of sp³-hybridized carbons (Fsp3) is 0.500. The van der Waals surface area contributed by atoms with E-state index in [0.717, 1.165) is 33.9 Å². The van der Waals surface area contributed by atoms with Crippen LogP contribution in [0.1, 0.15) is 30.2 Å². The van der Waals surface area contributed by atoms with Gasteiger partial charge in [0.15, 0.2) is 5.67 Å². The molecule has 3 aliphatic rings. The van der Waals surface area contributed by atoms with Crippen molar-refractivity contribution in [2.45, 2.75) is 37.1 Å². The van der Waals surface area contributed by atoms with Gasteiger partial charge in [-0.2, -0.15) is 11.8 Å². The molecule has 1 atom stereocenters. The van der Waals surface area contributed by atoms with Gasteiger partial charge < -0.3 is 15.1 Å². The lowest BCUT2D eigenvalue weighted by molar-refractivity contribution is 0.0769. The first-order valence-electron chi connectivity index (χ1n) is 9.30. The topological polar surface area (TPSA) is 69.5 Å². The molecule has 1 unspecified atom stereocenters. The van der Waals surface area contributed by atoms with E-state index in [1.54, 1.807) is 18.7 Å². The van der Waals surface area contributed by atoms with Gasteiger partial charge in [0.1, 0.15) is 5.60 Å². The molecule has 0 saturated carbocycles. The second-order valence-electron chi connectivity index (χ2n) is 8.06. The summed E-state index contributed by atoms with van der Waals surface area (Å²) in [6.07, 6.45) is 0.649. The van der Waals surface area contributed by atoms with E-state index in [4.69, 9.17) is 4.98 Å². The van der Waals surface area contributed by atoms with E-state index in [1.807, 2.05) is 29.2 Å². The minimum absolute atomic E-state index is 0.373. The second kappa shape index (κ2) is 5.90. The summed E-state index contributed by atoms with van der Waals surface area (Å²) in [5.74, 6) is 1.92. The van der Waals surface area contributed by atoms with Crippen molar-refractivity contribution in [1.82, 2.24) is 9.97 Å². The van der Waals surface area contributed by atoms with Gasteiger partial charge in [-0.25, -0.2) is 14.4 Å². The molecule has 7 heteroatoms. The zero-order valence-corrected chi connectivity index (χ0v) is 16.0. The summed E-state index contributed by atoms with van der Waals surface area (Å²) in [6, 6.07) is 7.81. The maximum Gasteiger partial charge on any atom is 0.226 e. The van der Waals surface area contributed by atoms with Crippen molar-refractivity contribution in [2.75, 3.05) is 29.5 Å². The third-order valence-electron chi connectivity index (χ3n) is 5.86. The van der Waals surface area contributed by atoms with Gasteiger partial charge in [-0.05, 0) is 25.3 Å². The number of halogens is 1. The fourth-order valence-corrected chi connectivity index (χ4v) is 4.94. The van der Waals surface area contributed by atoms with Gasteiger partial charge in [-0.3, -0.25) is 0 Å². The average molecular weight is 387 g/mol. The van der Waals surface area contributed by atoms with Crippen LogP contribution in [0.4, 0.5) is 10.3 Å². The highest BCUT2D eigenvalue weighted by Gasteiger charge is 2.40. The number of hydrogen-bond donors (Lipinski definition) is 2. The molecule has 5 nitrogen and oxygen atoms in total. The van der Waals surface area contributed by atoms with Gasteiger partial charge in [0.05, 0.1) is 17.5 Å². The SMILES string of the molecule is CC1(F)CCc2c(-c3ccc(C4(O)CSC4)cc3)nc(N3CC(O)C3)nc21. The van der Waals surface area contributed by atoms with Gasteiger partial charge in [0.2, 0.25) is 5.95 Å². The van der Waals surface area contributed by atoms with Crippen molar-refractivity contribution in [1.29, 1.82) is 0 Å². The van der Waals surface area contributed by atoms with Crippen LogP contribution >= 0.6 is 11.8 Å². The molecule has 27 heavy (non-hydrogen) atoms. The number of aromatic nitrogens is 2. The first-order chi connectivity index (χ1) is 12.9. The molecule has 1 aromatic carbocycles. The molecule has 0 spiro atoms. The lowest BCUT2D eigenvalue weighted by Gasteiger charge is -2.36. The molecular formula is C20H22FN3O2S. The maximum atomic E-state index is 15.0. The number of fused-ring (bicyclic) bond motifs is 1. The van der Waals surface area contributed by atoms with E-state index in [0.29, 0.717) is 37.6 Å². The summed E-state index contributed by atoms with van der Waals surface area (Å²) < 4.78 is 15.0. The summed E-state index contributed by atoms with van der Waals surface area (Å²) in [5.41, 5.74) is 1.75. The minimum atomic E-state index is -1.45. The number of aliphatic hydroxyl groups excluding tert-OH is 1. The Balaban J connectivity index is 1.57. The van der Waals surface area contributed by atoms with E-state index >= 15 is 4.39 Å². The standard InChI is InChI=1S/C20H22FN3O2S/c1-19(21)7-6-15-16(22-18(23-17(15)19)24-8-14(25)9-24)12-2-4-13(5-3-12)20(26)10-27-11-20/h2-5,14,25-26H,6-11H2,1H3. The number of benzene rings is 1. The Labute approximate surface area is 161 Å². The highest BCUT2D eigenvalue weighted by Crippen LogP contribution is 2.44. The summed E-state index contributed by atoms with van der Waals surface area (Å²) in [4.78, 5) is 11.1. The molecule has 1 aliphatic carbocycles. The first-order valence-corrected chi connectivity index (χ1v) is 10.5. The smallest absolute Gasteiger partial charge is 0.226 e. The third-order valence-corrected chi connectivity index (χ3v) is 7.22. The molecule has 2 fully saturated rings. The zero-order valence-electron chi connectivity index (χ0n) is 15.2. The molecule has 2 aromatic rings. The molecule has 2 N–H and O–H groups in total. The minimum Gasteiger partial charge on any atom is -0.389 e. The van der Waals surface area contributed by atoms with Crippen molar-refractivity contribution in [3.05, 3.63) is 41.1 Å². The number of anilines is 1. The van der Waals surface area contributed by atoms with Crippen LogP contribution in [0.3, 0.4) is 0 Å². The number of alkyl halides is 1. The number of aliphatic hydroxyl groups is 2. The second-order valence-corrected chi connectivity index (χ2v) is 9.04. The number of nitrogens with zero attached hydrogens (tertiary/aromatic N) is 3. The van der Waals surface area contributed by atoms with Crippen LogP contribution in [0.15, 0.2) is 24.3 Å². The Morgan fingerprint density at radius 3 is 2.48 bits per heavy atom. The van der Waals surface area contributed by atoms with Gasteiger partial charge in [0, 0.05) is 35.7 Å². The molecule has 0 bridgehead atoms. The monoisotopic (exact) mass is 387 g/mol. The van der Waals surface area contributed by atoms with Gasteiger partial charge in [-0.15, -0.1) is 0 Å². The molecule has 2 saturated heterocycles.